The zero-order valence-electron chi connectivity index (χ0n) is 18.9. The summed E-state index contributed by atoms with van der Waals surface area (Å²) in [6, 6.07) is 18.7. The molecule has 6 nitrogen and oxygen atoms in total. The zero-order valence-corrected chi connectivity index (χ0v) is 20.5. The van der Waals surface area contributed by atoms with Gasteiger partial charge in [0.2, 0.25) is 0 Å². The maximum absolute atomic E-state index is 12.5. The third kappa shape index (κ3) is 5.55. The van der Waals surface area contributed by atoms with Crippen molar-refractivity contribution in [1.82, 2.24) is 5.32 Å². The fourth-order valence-electron chi connectivity index (χ4n) is 3.23. The van der Waals surface area contributed by atoms with Crippen LogP contribution >= 0.6 is 23.4 Å². The number of rotatable bonds is 7. The molecule has 34 heavy (non-hydrogen) atoms. The summed E-state index contributed by atoms with van der Waals surface area (Å²) in [7, 11) is 3.22. The largest absolute Gasteiger partial charge is 0.497 e. The lowest BCUT2D eigenvalue weighted by molar-refractivity contribution is -0.115. The molecule has 0 aromatic heterocycles. The Morgan fingerprint density at radius 3 is 2.56 bits per heavy atom. The van der Waals surface area contributed by atoms with Crippen molar-refractivity contribution in [3.8, 4) is 17.2 Å². The molecule has 0 bridgehead atoms. The Morgan fingerprint density at radius 2 is 1.82 bits per heavy atom. The van der Waals surface area contributed by atoms with Crippen molar-refractivity contribution in [1.29, 1.82) is 0 Å². The minimum Gasteiger partial charge on any atom is -0.497 e. The molecule has 1 aliphatic heterocycles. The Balaban J connectivity index is 1.48. The van der Waals surface area contributed by atoms with E-state index in [1.54, 1.807) is 20.3 Å². The molecule has 3 aromatic rings. The molecule has 1 aliphatic rings. The van der Waals surface area contributed by atoms with E-state index in [1.807, 2.05) is 67.6 Å². The van der Waals surface area contributed by atoms with Gasteiger partial charge in [-0.3, -0.25) is 4.79 Å². The topological polar surface area (TPSA) is 69.2 Å². The SMILES string of the molecule is COc1ccc(COc2ccc(/C=C3\SC(=Nc4cccc(Cl)c4C)NC3=O)cc2OC)cc1. The standard InChI is InChI=1S/C26H23ClN2O4S/c1-16-20(27)5-4-6-21(16)28-26-29-25(30)24(34-26)14-18-9-12-22(23(13-18)32-3)33-15-17-7-10-19(31-2)11-8-17/h4-14H,15H2,1-3H3,(H,28,29,30)/b24-14-. The van der Waals surface area contributed by atoms with Crippen molar-refractivity contribution in [2.75, 3.05) is 14.2 Å². The second kappa shape index (κ2) is 10.7. The number of hydrogen-bond donors (Lipinski definition) is 1. The van der Waals surface area contributed by atoms with E-state index in [-0.39, 0.29) is 5.91 Å². The fraction of sp³-hybridized carbons (Fsp3) is 0.154. The van der Waals surface area contributed by atoms with Crippen molar-refractivity contribution < 1.29 is 19.0 Å². The fourth-order valence-corrected chi connectivity index (χ4v) is 4.24. The summed E-state index contributed by atoms with van der Waals surface area (Å²) >= 11 is 7.45. The first-order valence-electron chi connectivity index (χ1n) is 10.5. The highest BCUT2D eigenvalue weighted by Crippen LogP contribution is 2.33. The Labute approximate surface area is 207 Å². The Kier molecular flexibility index (Phi) is 7.45. The van der Waals surface area contributed by atoms with E-state index in [9.17, 15) is 4.79 Å². The molecule has 1 fully saturated rings. The summed E-state index contributed by atoms with van der Waals surface area (Å²) in [4.78, 5) is 17.6. The normalized spacial score (nSPS) is 15.5. The number of hydrogen-bond acceptors (Lipinski definition) is 6. The maximum atomic E-state index is 12.5. The highest BCUT2D eigenvalue weighted by molar-refractivity contribution is 8.18. The number of methoxy groups -OCH3 is 2. The number of nitrogens with zero attached hydrogens (tertiary/aromatic N) is 1. The van der Waals surface area contributed by atoms with E-state index in [0.717, 1.165) is 28.1 Å². The van der Waals surface area contributed by atoms with Gasteiger partial charge in [0.25, 0.3) is 5.91 Å². The molecule has 0 radical (unpaired) electrons. The van der Waals surface area contributed by atoms with Crippen LogP contribution in [0.4, 0.5) is 5.69 Å². The molecule has 3 aromatic carbocycles. The lowest BCUT2D eigenvalue weighted by Gasteiger charge is -2.12. The van der Waals surface area contributed by atoms with Gasteiger partial charge in [-0.05, 0) is 77.9 Å². The summed E-state index contributed by atoms with van der Waals surface area (Å²) in [5.41, 5.74) is 3.40. The van der Waals surface area contributed by atoms with Gasteiger partial charge in [-0.2, -0.15) is 0 Å². The lowest BCUT2D eigenvalue weighted by Crippen LogP contribution is -2.19. The average Bonchev–Trinajstić information content (AvgIpc) is 3.19. The van der Waals surface area contributed by atoms with Gasteiger partial charge in [0.1, 0.15) is 12.4 Å². The highest BCUT2D eigenvalue weighted by atomic mass is 35.5. The van der Waals surface area contributed by atoms with Crippen LogP contribution in [0, 0.1) is 6.92 Å². The molecule has 1 saturated heterocycles. The number of amidine groups is 1. The van der Waals surface area contributed by atoms with Gasteiger partial charge >= 0.3 is 0 Å². The molecule has 1 N–H and O–H groups in total. The van der Waals surface area contributed by atoms with Crippen LogP contribution in [0.25, 0.3) is 6.08 Å². The van der Waals surface area contributed by atoms with E-state index in [2.05, 4.69) is 10.3 Å². The summed E-state index contributed by atoms with van der Waals surface area (Å²) < 4.78 is 16.6. The summed E-state index contributed by atoms with van der Waals surface area (Å²) in [5, 5.41) is 3.94. The summed E-state index contributed by atoms with van der Waals surface area (Å²) in [5.74, 6) is 1.78. The van der Waals surface area contributed by atoms with Crippen LogP contribution in [0.2, 0.25) is 5.02 Å². The van der Waals surface area contributed by atoms with Crippen molar-refractivity contribution in [2.24, 2.45) is 4.99 Å². The number of halogens is 1. The molecule has 8 heteroatoms. The minimum absolute atomic E-state index is 0.206. The van der Waals surface area contributed by atoms with Gasteiger partial charge in [0, 0.05) is 5.02 Å². The second-order valence-electron chi connectivity index (χ2n) is 7.41. The van der Waals surface area contributed by atoms with Crippen molar-refractivity contribution >= 4 is 46.2 Å². The third-order valence-corrected chi connectivity index (χ3v) is 6.47. The molecule has 0 aliphatic carbocycles. The average molecular weight is 495 g/mol. The predicted molar refractivity (Wildman–Crippen MR) is 137 cm³/mol. The number of amides is 1. The van der Waals surface area contributed by atoms with Crippen molar-refractivity contribution in [3.63, 3.8) is 0 Å². The van der Waals surface area contributed by atoms with Crippen LogP contribution in [-0.4, -0.2) is 25.3 Å². The van der Waals surface area contributed by atoms with Crippen LogP contribution in [0.1, 0.15) is 16.7 Å². The van der Waals surface area contributed by atoms with Crippen LogP contribution in [0.3, 0.4) is 0 Å². The Bertz CT molecular complexity index is 1270. The number of aliphatic imine (C=N–C) groups is 1. The van der Waals surface area contributed by atoms with Gasteiger partial charge in [0.05, 0.1) is 24.8 Å². The first-order valence-corrected chi connectivity index (χ1v) is 11.6. The van der Waals surface area contributed by atoms with Gasteiger partial charge in [-0.15, -0.1) is 0 Å². The summed E-state index contributed by atoms with van der Waals surface area (Å²) in [6.45, 7) is 2.28. The first kappa shape index (κ1) is 23.7. The van der Waals surface area contributed by atoms with E-state index in [4.69, 9.17) is 25.8 Å². The number of thioether (sulfide) groups is 1. The molecular weight excluding hydrogens is 472 g/mol. The van der Waals surface area contributed by atoms with Crippen LogP contribution in [0.5, 0.6) is 17.2 Å². The molecule has 4 rings (SSSR count). The number of nitrogens with one attached hydrogen (secondary N) is 1. The zero-order chi connectivity index (χ0) is 24.1. The molecule has 174 valence electrons. The molecule has 0 unspecified atom stereocenters. The number of ether oxygens (including phenoxy) is 3. The van der Waals surface area contributed by atoms with E-state index in [1.165, 1.54) is 11.8 Å². The van der Waals surface area contributed by atoms with E-state index < -0.39 is 0 Å². The van der Waals surface area contributed by atoms with Crippen LogP contribution in [-0.2, 0) is 11.4 Å². The second-order valence-corrected chi connectivity index (χ2v) is 8.85. The Morgan fingerprint density at radius 1 is 1.03 bits per heavy atom. The quantitative estimate of drug-likeness (QED) is 0.400. The number of benzene rings is 3. The molecule has 1 heterocycles. The van der Waals surface area contributed by atoms with Gasteiger partial charge < -0.3 is 19.5 Å². The molecule has 0 atom stereocenters. The van der Waals surface area contributed by atoms with Crippen molar-refractivity contribution in [3.05, 3.63) is 87.3 Å². The third-order valence-electron chi connectivity index (χ3n) is 5.15. The predicted octanol–water partition coefficient (Wildman–Crippen LogP) is 6.14. The monoisotopic (exact) mass is 494 g/mol. The first-order chi connectivity index (χ1) is 16.5. The minimum atomic E-state index is -0.206. The van der Waals surface area contributed by atoms with Crippen LogP contribution < -0.4 is 19.5 Å². The van der Waals surface area contributed by atoms with E-state index >= 15 is 0 Å². The van der Waals surface area contributed by atoms with Crippen molar-refractivity contribution in [2.45, 2.75) is 13.5 Å². The maximum Gasteiger partial charge on any atom is 0.264 e. The van der Waals surface area contributed by atoms with Gasteiger partial charge in [0.15, 0.2) is 16.7 Å². The highest BCUT2D eigenvalue weighted by Gasteiger charge is 2.24. The number of carbonyl (C=O) groups is 1. The van der Waals surface area contributed by atoms with Gasteiger partial charge in [-0.25, -0.2) is 4.99 Å². The smallest absolute Gasteiger partial charge is 0.264 e. The van der Waals surface area contributed by atoms with E-state index in [0.29, 0.717) is 33.2 Å². The lowest BCUT2D eigenvalue weighted by atomic mass is 10.2. The number of carbonyl (C=O) groups excluding carboxylic acids is 1. The summed E-state index contributed by atoms with van der Waals surface area (Å²) in [6.07, 6.45) is 1.79. The van der Waals surface area contributed by atoms with Crippen LogP contribution in [0.15, 0.2) is 70.6 Å². The molecular formula is C26H23ClN2O4S. The Hall–Kier alpha value is -3.42. The van der Waals surface area contributed by atoms with Gasteiger partial charge in [-0.1, -0.05) is 35.9 Å². The molecule has 0 saturated carbocycles. The molecule has 1 amide bonds. The molecule has 0 spiro atoms.